The highest BCUT2D eigenvalue weighted by molar-refractivity contribution is 7.80. The van der Waals surface area contributed by atoms with Crippen molar-refractivity contribution in [1.29, 1.82) is 0 Å². The molecule has 3 N–H and O–H groups in total. The van der Waals surface area contributed by atoms with Crippen LogP contribution in [0.15, 0.2) is 42.5 Å². The second kappa shape index (κ2) is 15.0. The Balaban J connectivity index is 1.71. The molecule has 2 rings (SSSR count). The predicted octanol–water partition coefficient (Wildman–Crippen LogP) is 5.18. The van der Waals surface area contributed by atoms with Gasteiger partial charge in [0, 0.05) is 5.56 Å². The molecule has 0 saturated heterocycles. The Hall–Kier alpha value is -3.13. The number of ether oxygens (including phenoxy) is 2. The van der Waals surface area contributed by atoms with Crippen LogP contribution in [0.25, 0.3) is 0 Å². The van der Waals surface area contributed by atoms with Crippen molar-refractivity contribution >= 4 is 29.1 Å². The van der Waals surface area contributed by atoms with Crippen LogP contribution in [-0.4, -0.2) is 30.1 Å². The Morgan fingerprint density at radius 3 is 2.34 bits per heavy atom. The average Bonchev–Trinajstić information content (AvgIpc) is 2.83. The highest BCUT2D eigenvalue weighted by Gasteiger charge is 2.12. The van der Waals surface area contributed by atoms with E-state index in [4.69, 9.17) is 21.7 Å². The first-order valence-electron chi connectivity index (χ1n) is 12.2. The lowest BCUT2D eigenvalue weighted by Gasteiger charge is -2.15. The first kappa shape index (κ1) is 28.1. The van der Waals surface area contributed by atoms with Crippen molar-refractivity contribution in [2.75, 3.05) is 13.2 Å². The van der Waals surface area contributed by atoms with Gasteiger partial charge in [-0.15, -0.1) is 0 Å². The van der Waals surface area contributed by atoms with Crippen LogP contribution >= 0.6 is 12.2 Å². The molecule has 35 heavy (non-hydrogen) atoms. The van der Waals surface area contributed by atoms with Crippen molar-refractivity contribution in [3.8, 4) is 11.5 Å². The fourth-order valence-electron chi connectivity index (χ4n) is 3.35. The van der Waals surface area contributed by atoms with Gasteiger partial charge in [0.15, 0.2) is 11.7 Å². The van der Waals surface area contributed by atoms with E-state index in [2.05, 4.69) is 36.9 Å². The molecule has 8 heteroatoms. The van der Waals surface area contributed by atoms with Gasteiger partial charge in [-0.1, -0.05) is 58.6 Å². The zero-order valence-electron chi connectivity index (χ0n) is 21.1. The maximum atomic E-state index is 12.4. The van der Waals surface area contributed by atoms with Gasteiger partial charge in [-0.25, -0.2) is 0 Å². The number of nitrogens with one attached hydrogen (secondary N) is 3. The molecular formula is C27H37N3O4S. The molecule has 0 aliphatic heterocycles. The number of hydrogen-bond donors (Lipinski definition) is 3. The number of hydrogen-bond acceptors (Lipinski definition) is 5. The predicted molar refractivity (Wildman–Crippen MR) is 143 cm³/mol. The standard InChI is InChI=1S/C27H37N3O4S/c1-5-6-7-8-9-16-33-22-13-11-21(12-14-22)26(32)28-27(35)30-29-25(31)18-34-24-17-20(4)10-15-23(24)19(2)3/h10-15,17,19H,5-9,16,18H2,1-4H3,(H,29,31)(H2,28,30,32,35). The summed E-state index contributed by atoms with van der Waals surface area (Å²) in [5, 5.41) is 2.51. The van der Waals surface area contributed by atoms with Crippen LogP contribution in [0.1, 0.15) is 80.3 Å². The number of unbranched alkanes of at least 4 members (excludes halogenated alkanes) is 4. The van der Waals surface area contributed by atoms with Gasteiger partial charge >= 0.3 is 0 Å². The number of carbonyl (C=O) groups excluding carboxylic acids is 2. The lowest BCUT2D eigenvalue weighted by Crippen LogP contribution is -2.49. The van der Waals surface area contributed by atoms with Gasteiger partial charge in [0.1, 0.15) is 11.5 Å². The van der Waals surface area contributed by atoms with Crippen molar-refractivity contribution < 1.29 is 19.1 Å². The highest BCUT2D eigenvalue weighted by Crippen LogP contribution is 2.27. The van der Waals surface area contributed by atoms with Gasteiger partial charge in [-0.3, -0.25) is 25.8 Å². The summed E-state index contributed by atoms with van der Waals surface area (Å²) in [7, 11) is 0. The SMILES string of the molecule is CCCCCCCOc1ccc(C(=O)NC(=S)NNC(=O)COc2cc(C)ccc2C(C)C)cc1. The molecule has 0 bridgehead atoms. The van der Waals surface area contributed by atoms with Crippen molar-refractivity contribution in [2.24, 2.45) is 0 Å². The van der Waals surface area contributed by atoms with Gasteiger partial charge in [0.25, 0.3) is 11.8 Å². The second-order valence-electron chi connectivity index (χ2n) is 8.73. The summed E-state index contributed by atoms with van der Waals surface area (Å²) in [5.41, 5.74) is 7.47. The van der Waals surface area contributed by atoms with Crippen molar-refractivity contribution in [3.63, 3.8) is 0 Å². The molecule has 0 radical (unpaired) electrons. The normalized spacial score (nSPS) is 10.5. The molecule has 0 aliphatic carbocycles. The van der Waals surface area contributed by atoms with Gasteiger partial charge in [-0.05, 0) is 72.9 Å². The number of hydrazine groups is 1. The molecular weight excluding hydrogens is 462 g/mol. The van der Waals surface area contributed by atoms with Crippen molar-refractivity contribution in [1.82, 2.24) is 16.2 Å². The number of benzene rings is 2. The maximum Gasteiger partial charge on any atom is 0.276 e. The van der Waals surface area contributed by atoms with E-state index in [1.807, 2.05) is 25.1 Å². The Morgan fingerprint density at radius 2 is 1.66 bits per heavy atom. The van der Waals surface area contributed by atoms with Gasteiger partial charge in [0.05, 0.1) is 6.61 Å². The molecule has 2 aromatic carbocycles. The van der Waals surface area contributed by atoms with Crippen LogP contribution in [0.4, 0.5) is 0 Å². The van der Waals surface area contributed by atoms with E-state index in [9.17, 15) is 9.59 Å². The third kappa shape index (κ3) is 10.3. The first-order chi connectivity index (χ1) is 16.8. The molecule has 0 aliphatic rings. The third-order valence-electron chi connectivity index (χ3n) is 5.33. The molecule has 0 spiro atoms. The topological polar surface area (TPSA) is 88.7 Å². The summed E-state index contributed by atoms with van der Waals surface area (Å²) in [4.78, 5) is 24.6. The summed E-state index contributed by atoms with van der Waals surface area (Å²) in [6.07, 6.45) is 5.88. The highest BCUT2D eigenvalue weighted by atomic mass is 32.1. The molecule has 2 aromatic rings. The Bertz CT molecular complexity index is 977. The zero-order valence-corrected chi connectivity index (χ0v) is 21.9. The molecule has 190 valence electrons. The molecule has 2 amide bonds. The minimum absolute atomic E-state index is 0.0193. The molecule has 0 heterocycles. The fraction of sp³-hybridized carbons (Fsp3) is 0.444. The van der Waals surface area contributed by atoms with Crippen LogP contribution in [-0.2, 0) is 4.79 Å². The maximum absolute atomic E-state index is 12.4. The van der Waals surface area contributed by atoms with E-state index in [0.717, 1.165) is 29.7 Å². The quantitative estimate of drug-likeness (QED) is 0.212. The average molecular weight is 500 g/mol. The minimum Gasteiger partial charge on any atom is -0.494 e. The summed E-state index contributed by atoms with van der Waals surface area (Å²) >= 11 is 5.10. The van der Waals surface area contributed by atoms with E-state index in [0.29, 0.717) is 17.9 Å². The molecule has 0 atom stereocenters. The third-order valence-corrected chi connectivity index (χ3v) is 5.53. The molecule has 7 nitrogen and oxygen atoms in total. The lowest BCUT2D eigenvalue weighted by atomic mass is 10.0. The fourth-order valence-corrected chi connectivity index (χ4v) is 3.50. The van der Waals surface area contributed by atoms with Crippen LogP contribution in [0.5, 0.6) is 11.5 Å². The van der Waals surface area contributed by atoms with E-state index in [1.54, 1.807) is 24.3 Å². The lowest BCUT2D eigenvalue weighted by molar-refractivity contribution is -0.123. The monoisotopic (exact) mass is 499 g/mol. The van der Waals surface area contributed by atoms with Crippen molar-refractivity contribution in [2.45, 2.75) is 65.7 Å². The van der Waals surface area contributed by atoms with Gasteiger partial charge in [0.2, 0.25) is 0 Å². The largest absolute Gasteiger partial charge is 0.494 e. The molecule has 0 fully saturated rings. The Labute approximate surface area is 213 Å². The number of aryl methyl sites for hydroxylation is 1. The summed E-state index contributed by atoms with van der Waals surface area (Å²) in [6, 6.07) is 12.8. The first-order valence-corrected chi connectivity index (χ1v) is 12.6. The minimum atomic E-state index is -0.422. The van der Waals surface area contributed by atoms with Crippen LogP contribution in [0.2, 0.25) is 0 Å². The zero-order chi connectivity index (χ0) is 25.6. The Morgan fingerprint density at radius 1 is 0.943 bits per heavy atom. The molecule has 0 saturated carbocycles. The summed E-state index contributed by atoms with van der Waals surface area (Å²) < 4.78 is 11.4. The second-order valence-corrected chi connectivity index (χ2v) is 9.14. The van der Waals surface area contributed by atoms with Crippen LogP contribution in [0.3, 0.4) is 0 Å². The molecule has 0 unspecified atom stereocenters. The number of amides is 2. The Kier molecular flexibility index (Phi) is 12.0. The van der Waals surface area contributed by atoms with E-state index < -0.39 is 5.91 Å². The smallest absolute Gasteiger partial charge is 0.276 e. The molecule has 0 aromatic heterocycles. The number of thiocarbonyl (C=S) groups is 1. The van der Waals surface area contributed by atoms with Gasteiger partial charge < -0.3 is 9.47 Å². The van der Waals surface area contributed by atoms with Crippen LogP contribution in [0, 0.1) is 6.92 Å². The van der Waals surface area contributed by atoms with E-state index in [1.165, 1.54) is 19.3 Å². The van der Waals surface area contributed by atoms with E-state index in [-0.39, 0.29) is 23.5 Å². The van der Waals surface area contributed by atoms with Gasteiger partial charge in [-0.2, -0.15) is 0 Å². The van der Waals surface area contributed by atoms with E-state index >= 15 is 0 Å². The number of rotatable bonds is 12. The van der Waals surface area contributed by atoms with Crippen LogP contribution < -0.4 is 25.6 Å². The van der Waals surface area contributed by atoms with Crippen molar-refractivity contribution in [3.05, 3.63) is 59.2 Å². The summed E-state index contributed by atoms with van der Waals surface area (Å²) in [5.74, 6) is 0.856. The number of carbonyl (C=O) groups is 2. The summed E-state index contributed by atoms with van der Waals surface area (Å²) in [6.45, 7) is 8.77.